The van der Waals surface area contributed by atoms with Crippen LogP contribution >= 0.6 is 23.7 Å². The summed E-state index contributed by atoms with van der Waals surface area (Å²) in [4.78, 5) is 12.8. The second-order valence-electron chi connectivity index (χ2n) is 5.32. The maximum atomic E-state index is 11.7. The molecule has 3 N–H and O–H groups in total. The van der Waals surface area contributed by atoms with Crippen molar-refractivity contribution < 1.29 is 9.53 Å². The third-order valence-corrected chi connectivity index (χ3v) is 4.30. The van der Waals surface area contributed by atoms with E-state index in [1.807, 2.05) is 31.2 Å². The van der Waals surface area contributed by atoms with Crippen molar-refractivity contribution in [1.29, 1.82) is 0 Å². The van der Waals surface area contributed by atoms with Gasteiger partial charge in [0.05, 0.1) is 13.7 Å². The lowest BCUT2D eigenvalue weighted by Crippen LogP contribution is -2.25. The SMILES string of the molecule is COc1ccc(-c2csc(CNC(=O)CCC(C)N)c2)cc1.Cl. The first-order valence-corrected chi connectivity index (χ1v) is 8.20. The Hall–Kier alpha value is -1.56. The first-order chi connectivity index (χ1) is 10.6. The molecule has 0 radical (unpaired) electrons. The molecule has 4 nitrogen and oxygen atoms in total. The van der Waals surface area contributed by atoms with Crippen molar-refractivity contribution >= 4 is 29.7 Å². The largest absolute Gasteiger partial charge is 0.497 e. The Morgan fingerprint density at radius 2 is 2.00 bits per heavy atom. The Labute approximate surface area is 147 Å². The van der Waals surface area contributed by atoms with Crippen LogP contribution in [0.1, 0.15) is 24.6 Å². The summed E-state index contributed by atoms with van der Waals surface area (Å²) >= 11 is 1.65. The van der Waals surface area contributed by atoms with E-state index >= 15 is 0 Å². The molecule has 1 aromatic heterocycles. The molecule has 0 bridgehead atoms. The average molecular weight is 355 g/mol. The third-order valence-electron chi connectivity index (χ3n) is 3.36. The molecule has 23 heavy (non-hydrogen) atoms. The molecule has 126 valence electrons. The van der Waals surface area contributed by atoms with E-state index in [1.54, 1.807) is 18.4 Å². The Morgan fingerprint density at radius 3 is 2.61 bits per heavy atom. The summed E-state index contributed by atoms with van der Waals surface area (Å²) in [6, 6.07) is 10.1. The number of carbonyl (C=O) groups is 1. The van der Waals surface area contributed by atoms with E-state index in [4.69, 9.17) is 10.5 Å². The molecule has 0 fully saturated rings. The van der Waals surface area contributed by atoms with Crippen molar-refractivity contribution in [2.75, 3.05) is 7.11 Å². The van der Waals surface area contributed by atoms with Crippen LogP contribution in [0.15, 0.2) is 35.7 Å². The number of hydrogen-bond donors (Lipinski definition) is 2. The predicted octanol–water partition coefficient (Wildman–Crippen LogP) is 3.59. The average Bonchev–Trinajstić information content (AvgIpc) is 3.00. The molecule has 0 saturated carbocycles. The van der Waals surface area contributed by atoms with Crippen LogP contribution < -0.4 is 15.8 Å². The highest BCUT2D eigenvalue weighted by atomic mass is 35.5. The van der Waals surface area contributed by atoms with Gasteiger partial charge in [0.25, 0.3) is 0 Å². The Balaban J connectivity index is 0.00000264. The van der Waals surface area contributed by atoms with Gasteiger partial charge in [-0.2, -0.15) is 0 Å². The van der Waals surface area contributed by atoms with E-state index in [2.05, 4.69) is 16.8 Å². The molecular formula is C17H23ClN2O2S. The predicted molar refractivity (Wildman–Crippen MR) is 98.3 cm³/mol. The number of ether oxygens (including phenoxy) is 1. The number of nitrogens with two attached hydrogens (primary N) is 1. The van der Waals surface area contributed by atoms with Crippen LogP contribution in [-0.4, -0.2) is 19.1 Å². The fraction of sp³-hybridized carbons (Fsp3) is 0.353. The molecule has 6 heteroatoms. The Morgan fingerprint density at radius 1 is 1.30 bits per heavy atom. The standard InChI is InChI=1S/C17H22N2O2S.ClH/c1-12(18)3-8-17(20)19-10-16-9-14(11-22-16)13-4-6-15(21-2)7-5-13;/h4-7,9,11-12H,3,8,10,18H2,1-2H3,(H,19,20);1H. The normalized spacial score (nSPS) is 11.4. The number of nitrogens with one attached hydrogen (secondary N) is 1. The van der Waals surface area contributed by atoms with Crippen molar-refractivity contribution in [3.8, 4) is 16.9 Å². The smallest absolute Gasteiger partial charge is 0.220 e. The minimum absolute atomic E-state index is 0. The van der Waals surface area contributed by atoms with E-state index in [-0.39, 0.29) is 24.4 Å². The van der Waals surface area contributed by atoms with Gasteiger partial charge in [-0.3, -0.25) is 4.79 Å². The number of thiophene rings is 1. The van der Waals surface area contributed by atoms with E-state index in [0.29, 0.717) is 19.4 Å². The lowest BCUT2D eigenvalue weighted by atomic mass is 10.1. The van der Waals surface area contributed by atoms with E-state index in [0.717, 1.165) is 21.8 Å². The van der Waals surface area contributed by atoms with Crippen molar-refractivity contribution in [3.63, 3.8) is 0 Å². The zero-order valence-electron chi connectivity index (χ0n) is 13.4. The summed E-state index contributed by atoms with van der Waals surface area (Å²) in [5.74, 6) is 0.900. The van der Waals surface area contributed by atoms with Crippen molar-refractivity contribution in [2.24, 2.45) is 5.73 Å². The maximum absolute atomic E-state index is 11.7. The first kappa shape index (κ1) is 19.5. The van der Waals surface area contributed by atoms with E-state index in [9.17, 15) is 4.79 Å². The van der Waals surface area contributed by atoms with Gasteiger partial charge in [0.15, 0.2) is 0 Å². The van der Waals surface area contributed by atoms with Gasteiger partial charge in [-0.1, -0.05) is 12.1 Å². The molecule has 1 unspecified atom stereocenters. The number of hydrogen-bond acceptors (Lipinski definition) is 4. The minimum atomic E-state index is 0. The van der Waals surface area contributed by atoms with Gasteiger partial charge >= 0.3 is 0 Å². The molecular weight excluding hydrogens is 332 g/mol. The van der Waals surface area contributed by atoms with Crippen molar-refractivity contribution in [1.82, 2.24) is 5.32 Å². The third kappa shape index (κ3) is 6.22. The van der Waals surface area contributed by atoms with Crippen LogP contribution in [0, 0.1) is 0 Å². The molecule has 0 aliphatic heterocycles. The second kappa shape index (κ2) is 9.55. The summed E-state index contributed by atoms with van der Waals surface area (Å²) in [5.41, 5.74) is 7.95. The molecule has 1 aromatic carbocycles. The van der Waals surface area contributed by atoms with Crippen LogP contribution in [-0.2, 0) is 11.3 Å². The summed E-state index contributed by atoms with van der Waals surface area (Å²) in [6.45, 7) is 2.48. The highest BCUT2D eigenvalue weighted by Crippen LogP contribution is 2.27. The van der Waals surface area contributed by atoms with Crippen LogP contribution in [0.5, 0.6) is 5.75 Å². The van der Waals surface area contributed by atoms with Crippen LogP contribution in [0.3, 0.4) is 0 Å². The topological polar surface area (TPSA) is 64.3 Å². The van der Waals surface area contributed by atoms with Crippen molar-refractivity contribution in [2.45, 2.75) is 32.4 Å². The first-order valence-electron chi connectivity index (χ1n) is 7.32. The van der Waals surface area contributed by atoms with Gasteiger partial charge in [0, 0.05) is 17.3 Å². The number of rotatable bonds is 7. The monoisotopic (exact) mass is 354 g/mol. The molecule has 2 aromatic rings. The molecule has 1 heterocycles. The summed E-state index contributed by atoms with van der Waals surface area (Å²) < 4.78 is 5.16. The number of amides is 1. The molecule has 2 rings (SSSR count). The van der Waals surface area contributed by atoms with Gasteiger partial charge in [-0.25, -0.2) is 0 Å². The van der Waals surface area contributed by atoms with Crippen molar-refractivity contribution in [3.05, 3.63) is 40.6 Å². The van der Waals surface area contributed by atoms with Crippen LogP contribution in [0.25, 0.3) is 11.1 Å². The Kier molecular flexibility index (Phi) is 8.09. The zero-order valence-corrected chi connectivity index (χ0v) is 15.0. The second-order valence-corrected chi connectivity index (χ2v) is 6.32. The van der Waals surface area contributed by atoms with E-state index in [1.165, 1.54) is 0 Å². The van der Waals surface area contributed by atoms with E-state index < -0.39 is 0 Å². The quantitative estimate of drug-likeness (QED) is 0.798. The number of methoxy groups -OCH3 is 1. The highest BCUT2D eigenvalue weighted by molar-refractivity contribution is 7.10. The molecule has 0 saturated heterocycles. The van der Waals surface area contributed by atoms with Gasteiger partial charge in [-0.15, -0.1) is 23.7 Å². The van der Waals surface area contributed by atoms with Gasteiger partial charge in [-0.05, 0) is 48.1 Å². The number of benzene rings is 1. The number of carbonyl (C=O) groups excluding carboxylic acids is 1. The van der Waals surface area contributed by atoms with Crippen LogP contribution in [0.4, 0.5) is 0 Å². The molecule has 1 atom stereocenters. The lowest BCUT2D eigenvalue weighted by Gasteiger charge is -2.05. The maximum Gasteiger partial charge on any atom is 0.220 e. The molecule has 0 aliphatic rings. The van der Waals surface area contributed by atoms with Gasteiger partial charge < -0.3 is 15.8 Å². The van der Waals surface area contributed by atoms with Gasteiger partial charge in [0.2, 0.25) is 5.91 Å². The number of halogens is 1. The highest BCUT2D eigenvalue weighted by Gasteiger charge is 2.06. The summed E-state index contributed by atoms with van der Waals surface area (Å²) in [7, 11) is 1.66. The molecule has 0 aliphatic carbocycles. The van der Waals surface area contributed by atoms with Gasteiger partial charge in [0.1, 0.15) is 5.75 Å². The zero-order chi connectivity index (χ0) is 15.9. The lowest BCUT2D eigenvalue weighted by molar-refractivity contribution is -0.121. The summed E-state index contributed by atoms with van der Waals surface area (Å²) in [5, 5.41) is 5.04. The molecule has 0 spiro atoms. The summed E-state index contributed by atoms with van der Waals surface area (Å²) in [6.07, 6.45) is 1.20. The Bertz CT molecular complexity index is 611. The molecule has 1 amide bonds. The van der Waals surface area contributed by atoms with Crippen LogP contribution in [0.2, 0.25) is 0 Å². The minimum Gasteiger partial charge on any atom is -0.497 e. The fourth-order valence-electron chi connectivity index (χ4n) is 2.04. The fourth-order valence-corrected chi connectivity index (χ4v) is 2.87.